The van der Waals surface area contributed by atoms with Crippen molar-refractivity contribution in [2.75, 3.05) is 0 Å². The van der Waals surface area contributed by atoms with Crippen molar-refractivity contribution in [3.63, 3.8) is 0 Å². The molecule has 1 N–H and O–H groups in total. The lowest BCUT2D eigenvalue weighted by atomic mass is 10.2. The van der Waals surface area contributed by atoms with Crippen molar-refractivity contribution >= 4 is 24.0 Å². The largest absolute Gasteiger partial charge is 0.478 e. The van der Waals surface area contributed by atoms with Crippen LogP contribution in [0.1, 0.15) is 25.8 Å². The molecule has 7 nitrogen and oxygen atoms in total. The Bertz CT molecular complexity index is 714. The minimum absolute atomic E-state index is 0.228. The van der Waals surface area contributed by atoms with Crippen LogP contribution in [0.15, 0.2) is 54.8 Å². The topological polar surface area (TPSA) is 99.1 Å². The van der Waals surface area contributed by atoms with E-state index in [2.05, 4.69) is 6.58 Å². The summed E-state index contributed by atoms with van der Waals surface area (Å²) in [6.45, 7) is 6.86. The van der Waals surface area contributed by atoms with Gasteiger partial charge in [0.05, 0.1) is 0 Å². The minimum Gasteiger partial charge on any atom is -0.478 e. The summed E-state index contributed by atoms with van der Waals surface area (Å²) >= 11 is 0. The Morgan fingerprint density at radius 1 is 1.15 bits per heavy atom. The van der Waals surface area contributed by atoms with Crippen LogP contribution in [0.5, 0.6) is 5.75 Å². The molecule has 26 heavy (non-hydrogen) atoms. The molecule has 0 radical (unpaired) electrons. The van der Waals surface area contributed by atoms with Gasteiger partial charge in [-0.25, -0.2) is 14.4 Å². The van der Waals surface area contributed by atoms with Gasteiger partial charge >= 0.3 is 17.9 Å². The second kappa shape index (κ2) is 10.5. The number of hydrogen-bond donors (Lipinski definition) is 1. The third-order valence-corrected chi connectivity index (χ3v) is 2.89. The molecule has 0 heterocycles. The molecule has 0 saturated heterocycles. The highest BCUT2D eigenvalue weighted by molar-refractivity contribution is 5.88. The Morgan fingerprint density at radius 3 is 2.35 bits per heavy atom. The summed E-state index contributed by atoms with van der Waals surface area (Å²) in [6, 6.07) is 6.16. The lowest BCUT2D eigenvalue weighted by molar-refractivity contribution is -0.169. The zero-order chi connectivity index (χ0) is 19.5. The van der Waals surface area contributed by atoms with Crippen molar-refractivity contribution in [3.05, 3.63) is 60.4 Å². The molecule has 0 bridgehead atoms. The molecular formula is C19H20O7. The van der Waals surface area contributed by atoms with Crippen LogP contribution in [0.25, 0.3) is 6.08 Å². The van der Waals surface area contributed by atoms with E-state index in [1.54, 1.807) is 26.0 Å². The quantitative estimate of drug-likeness (QED) is 0.237. The first-order valence-corrected chi connectivity index (χ1v) is 7.77. The summed E-state index contributed by atoms with van der Waals surface area (Å²) in [4.78, 5) is 33.8. The maximum Gasteiger partial charge on any atom is 0.378 e. The molecule has 7 heteroatoms. The van der Waals surface area contributed by atoms with E-state index in [4.69, 9.17) is 19.3 Å². The lowest BCUT2D eigenvalue weighted by Gasteiger charge is -2.17. The molecule has 0 saturated carbocycles. The van der Waals surface area contributed by atoms with Crippen LogP contribution in [0.2, 0.25) is 0 Å². The number of rotatable bonds is 9. The molecule has 0 fully saturated rings. The fourth-order valence-electron chi connectivity index (χ4n) is 1.68. The number of carboxylic acids is 1. The van der Waals surface area contributed by atoms with Crippen molar-refractivity contribution in [3.8, 4) is 5.75 Å². The number of carbonyl (C=O) groups excluding carboxylic acids is 2. The lowest BCUT2D eigenvalue weighted by Crippen LogP contribution is -2.23. The van der Waals surface area contributed by atoms with Gasteiger partial charge in [0.25, 0.3) is 0 Å². The minimum atomic E-state index is -1.06. The zero-order valence-corrected chi connectivity index (χ0v) is 14.5. The number of hydrogen-bond acceptors (Lipinski definition) is 6. The maximum absolute atomic E-state index is 12.0. The van der Waals surface area contributed by atoms with Crippen LogP contribution in [-0.4, -0.2) is 29.3 Å². The number of ether oxygens (including phenoxy) is 3. The Morgan fingerprint density at radius 2 is 1.81 bits per heavy atom. The summed E-state index contributed by atoms with van der Waals surface area (Å²) in [5, 5.41) is 8.57. The van der Waals surface area contributed by atoms with Crippen LogP contribution >= 0.6 is 0 Å². The molecule has 0 amide bonds. The van der Waals surface area contributed by atoms with Crippen molar-refractivity contribution in [1.82, 2.24) is 0 Å². The Hall–Kier alpha value is -3.35. The van der Waals surface area contributed by atoms with Gasteiger partial charge < -0.3 is 19.3 Å². The highest BCUT2D eigenvalue weighted by atomic mass is 16.7. The molecule has 1 aromatic rings. The van der Waals surface area contributed by atoms with Crippen molar-refractivity contribution in [1.29, 1.82) is 0 Å². The van der Waals surface area contributed by atoms with Gasteiger partial charge in [0.1, 0.15) is 5.75 Å². The second-order valence-electron chi connectivity index (χ2n) is 4.95. The zero-order valence-electron chi connectivity index (χ0n) is 14.5. The van der Waals surface area contributed by atoms with E-state index in [0.717, 1.165) is 6.08 Å². The summed E-state index contributed by atoms with van der Waals surface area (Å²) in [7, 11) is 0. The SMILES string of the molecule is C=C(OC(CC)OC(=O)/C=C/C)C(=O)Oc1ccc(/C=C/C(=O)O)cc1. The molecule has 0 aliphatic rings. The predicted octanol–water partition coefficient (Wildman–Crippen LogP) is 3.08. The van der Waals surface area contributed by atoms with Gasteiger partial charge in [0.2, 0.25) is 12.0 Å². The van der Waals surface area contributed by atoms with Gasteiger partial charge in [-0.2, -0.15) is 0 Å². The summed E-state index contributed by atoms with van der Waals surface area (Å²) < 4.78 is 15.3. The van der Waals surface area contributed by atoms with Crippen LogP contribution in [0.3, 0.4) is 0 Å². The number of aliphatic carboxylic acids is 1. The van der Waals surface area contributed by atoms with E-state index in [9.17, 15) is 14.4 Å². The van der Waals surface area contributed by atoms with Gasteiger partial charge in [-0.05, 0) is 37.3 Å². The van der Waals surface area contributed by atoms with Crippen LogP contribution in [-0.2, 0) is 23.9 Å². The van der Waals surface area contributed by atoms with E-state index in [1.165, 1.54) is 30.4 Å². The maximum atomic E-state index is 12.0. The standard InChI is InChI=1S/C19H20O7/c1-4-6-17(22)26-18(5-2)24-13(3)19(23)25-15-10-7-14(8-11-15)9-12-16(20)21/h4,6-12,18H,3,5H2,1-2H3,(H,20,21)/b6-4+,12-9+. The predicted molar refractivity (Wildman–Crippen MR) is 94.0 cm³/mol. The van der Waals surface area contributed by atoms with E-state index < -0.39 is 24.2 Å². The summed E-state index contributed by atoms with van der Waals surface area (Å²) in [5.74, 6) is -2.56. The van der Waals surface area contributed by atoms with E-state index in [1.807, 2.05) is 0 Å². The first-order valence-electron chi connectivity index (χ1n) is 7.77. The fraction of sp³-hybridized carbons (Fsp3) is 0.211. The van der Waals surface area contributed by atoms with Crippen LogP contribution in [0, 0.1) is 0 Å². The van der Waals surface area contributed by atoms with Gasteiger partial charge in [-0.15, -0.1) is 0 Å². The molecule has 1 atom stereocenters. The van der Waals surface area contributed by atoms with Gasteiger partial charge in [0.15, 0.2) is 0 Å². The number of esters is 2. The summed E-state index contributed by atoms with van der Waals surface area (Å²) in [5.41, 5.74) is 0.629. The second-order valence-corrected chi connectivity index (χ2v) is 4.95. The van der Waals surface area contributed by atoms with Crippen LogP contribution < -0.4 is 4.74 Å². The monoisotopic (exact) mass is 360 g/mol. The molecule has 1 rings (SSSR count). The first-order chi connectivity index (χ1) is 12.3. The van der Waals surface area contributed by atoms with Gasteiger partial charge in [-0.3, -0.25) is 0 Å². The van der Waals surface area contributed by atoms with Crippen molar-refractivity contribution < 1.29 is 33.7 Å². The van der Waals surface area contributed by atoms with E-state index in [0.29, 0.717) is 12.0 Å². The molecule has 0 aromatic heterocycles. The number of carboxylic acid groups (broad SMARTS) is 1. The molecule has 0 aliphatic heterocycles. The molecule has 0 spiro atoms. The Labute approximate surface area is 151 Å². The molecular weight excluding hydrogens is 340 g/mol. The first kappa shape index (κ1) is 20.7. The number of benzene rings is 1. The van der Waals surface area contributed by atoms with Crippen molar-refractivity contribution in [2.45, 2.75) is 26.6 Å². The molecule has 1 aromatic carbocycles. The van der Waals surface area contributed by atoms with E-state index >= 15 is 0 Å². The number of carbonyl (C=O) groups is 3. The Balaban J connectivity index is 2.61. The van der Waals surface area contributed by atoms with Crippen LogP contribution in [0.4, 0.5) is 0 Å². The third kappa shape index (κ3) is 7.48. The smallest absolute Gasteiger partial charge is 0.378 e. The molecule has 0 aliphatic carbocycles. The average molecular weight is 360 g/mol. The van der Waals surface area contributed by atoms with E-state index in [-0.39, 0.29) is 11.5 Å². The third-order valence-electron chi connectivity index (χ3n) is 2.89. The molecule has 138 valence electrons. The normalized spacial score (nSPS) is 11.9. The average Bonchev–Trinajstić information content (AvgIpc) is 2.60. The highest BCUT2D eigenvalue weighted by Crippen LogP contribution is 2.16. The van der Waals surface area contributed by atoms with Crippen molar-refractivity contribution in [2.24, 2.45) is 0 Å². The highest BCUT2D eigenvalue weighted by Gasteiger charge is 2.18. The fourth-order valence-corrected chi connectivity index (χ4v) is 1.68. The summed E-state index contributed by atoms with van der Waals surface area (Å²) in [6.07, 6.45) is 4.51. The molecule has 1 unspecified atom stereocenters. The number of allylic oxidation sites excluding steroid dienone is 1. The van der Waals surface area contributed by atoms with Gasteiger partial charge in [-0.1, -0.05) is 25.1 Å². The van der Waals surface area contributed by atoms with Gasteiger partial charge in [0, 0.05) is 18.6 Å². The Kier molecular flexibility index (Phi) is 8.36.